The lowest BCUT2D eigenvalue weighted by atomic mass is 10.1. The number of rotatable bonds is 5. The molecular formula is C17H24N2O. The lowest BCUT2D eigenvalue weighted by molar-refractivity contribution is 0.195. The van der Waals surface area contributed by atoms with E-state index >= 15 is 0 Å². The van der Waals surface area contributed by atoms with Crippen molar-refractivity contribution >= 4 is 16.6 Å². The van der Waals surface area contributed by atoms with E-state index in [1.54, 1.807) is 0 Å². The van der Waals surface area contributed by atoms with Crippen LogP contribution < -0.4 is 9.64 Å². The molecule has 108 valence electrons. The molecule has 0 spiro atoms. The fourth-order valence-electron chi connectivity index (χ4n) is 2.32. The van der Waals surface area contributed by atoms with E-state index in [9.17, 15) is 0 Å². The van der Waals surface area contributed by atoms with Crippen molar-refractivity contribution in [1.82, 2.24) is 4.98 Å². The predicted molar refractivity (Wildman–Crippen MR) is 85.8 cm³/mol. The topological polar surface area (TPSA) is 25.4 Å². The Morgan fingerprint density at radius 1 is 1.15 bits per heavy atom. The summed E-state index contributed by atoms with van der Waals surface area (Å²) in [4.78, 5) is 6.69. The van der Waals surface area contributed by atoms with Crippen molar-refractivity contribution in [3.05, 3.63) is 30.0 Å². The molecular weight excluding hydrogens is 248 g/mol. The first-order valence-corrected chi connectivity index (χ1v) is 7.30. The first kappa shape index (κ1) is 14.6. The first-order chi connectivity index (χ1) is 9.55. The molecule has 2 rings (SSSR count). The van der Waals surface area contributed by atoms with E-state index in [2.05, 4.69) is 41.9 Å². The van der Waals surface area contributed by atoms with Crippen molar-refractivity contribution in [3.63, 3.8) is 0 Å². The summed E-state index contributed by atoms with van der Waals surface area (Å²) in [5, 5.41) is 1.09. The number of aromatic nitrogens is 1. The number of fused-ring (bicyclic) bond motifs is 1. The zero-order valence-electron chi connectivity index (χ0n) is 13.1. The van der Waals surface area contributed by atoms with E-state index in [1.807, 2.05) is 27.1 Å². The van der Waals surface area contributed by atoms with Crippen LogP contribution in [-0.4, -0.2) is 25.2 Å². The van der Waals surface area contributed by atoms with Crippen LogP contribution in [-0.2, 0) is 0 Å². The van der Waals surface area contributed by atoms with Gasteiger partial charge in [-0.25, -0.2) is 0 Å². The van der Waals surface area contributed by atoms with Gasteiger partial charge in [-0.05, 0) is 38.0 Å². The molecule has 0 aliphatic heterocycles. The van der Waals surface area contributed by atoms with Gasteiger partial charge in [-0.2, -0.15) is 0 Å². The van der Waals surface area contributed by atoms with Crippen LogP contribution in [0.25, 0.3) is 10.9 Å². The minimum atomic E-state index is 0.267. The van der Waals surface area contributed by atoms with Gasteiger partial charge >= 0.3 is 0 Å². The molecule has 1 heterocycles. The Balaban J connectivity index is 2.52. The van der Waals surface area contributed by atoms with Crippen LogP contribution in [0.4, 0.5) is 5.69 Å². The largest absolute Gasteiger partial charge is 0.490 e. The van der Waals surface area contributed by atoms with Gasteiger partial charge in [-0.3, -0.25) is 4.98 Å². The maximum Gasteiger partial charge on any atom is 0.130 e. The third kappa shape index (κ3) is 3.03. The summed E-state index contributed by atoms with van der Waals surface area (Å²) < 4.78 is 6.18. The van der Waals surface area contributed by atoms with E-state index in [0.29, 0.717) is 0 Å². The molecule has 3 heteroatoms. The molecule has 0 saturated carbocycles. The van der Waals surface area contributed by atoms with Crippen molar-refractivity contribution < 1.29 is 4.74 Å². The van der Waals surface area contributed by atoms with Gasteiger partial charge in [0, 0.05) is 36.9 Å². The second-order valence-electron chi connectivity index (χ2n) is 5.41. The number of ether oxygens (including phenoxy) is 1. The third-order valence-electron chi connectivity index (χ3n) is 3.60. The molecule has 0 fully saturated rings. The lowest BCUT2D eigenvalue weighted by Gasteiger charge is -2.19. The van der Waals surface area contributed by atoms with Crippen LogP contribution in [0.1, 0.15) is 32.4 Å². The van der Waals surface area contributed by atoms with Crippen LogP contribution in [0.5, 0.6) is 5.75 Å². The fraction of sp³-hybridized carbons (Fsp3) is 0.471. The Morgan fingerprint density at radius 2 is 1.85 bits per heavy atom. The molecule has 2 aromatic rings. The van der Waals surface area contributed by atoms with Crippen molar-refractivity contribution in [2.45, 2.75) is 39.7 Å². The van der Waals surface area contributed by atoms with E-state index in [0.717, 1.165) is 40.9 Å². The zero-order chi connectivity index (χ0) is 14.7. The highest BCUT2D eigenvalue weighted by atomic mass is 16.5. The number of anilines is 1. The molecule has 0 bridgehead atoms. The number of aryl methyl sites for hydroxylation is 1. The van der Waals surface area contributed by atoms with Crippen LogP contribution in [0, 0.1) is 6.92 Å². The highest BCUT2D eigenvalue weighted by Crippen LogP contribution is 2.30. The summed E-state index contributed by atoms with van der Waals surface area (Å²) in [5.41, 5.74) is 3.16. The lowest BCUT2D eigenvalue weighted by Crippen LogP contribution is -2.14. The Morgan fingerprint density at radius 3 is 2.45 bits per heavy atom. The second kappa shape index (κ2) is 6.12. The van der Waals surface area contributed by atoms with Gasteiger partial charge in [0.25, 0.3) is 0 Å². The van der Waals surface area contributed by atoms with Crippen LogP contribution in [0.15, 0.2) is 24.3 Å². The summed E-state index contributed by atoms with van der Waals surface area (Å²) in [6.07, 6.45) is 2.31. The molecule has 0 N–H and O–H groups in total. The standard InChI is InChI=1S/C17H24N2O/c1-6-14(7-2)20-17-10-12(3)18-16-9-8-13(19(4)5)11-15(16)17/h8-11,14H,6-7H2,1-5H3. The van der Waals surface area contributed by atoms with E-state index < -0.39 is 0 Å². The summed E-state index contributed by atoms with van der Waals surface area (Å²) in [6.45, 7) is 6.34. The zero-order valence-corrected chi connectivity index (χ0v) is 13.1. The highest BCUT2D eigenvalue weighted by Gasteiger charge is 2.11. The monoisotopic (exact) mass is 272 g/mol. The first-order valence-electron chi connectivity index (χ1n) is 7.30. The number of pyridine rings is 1. The molecule has 0 unspecified atom stereocenters. The molecule has 3 nitrogen and oxygen atoms in total. The Kier molecular flexibility index (Phi) is 4.48. The average Bonchev–Trinajstić information content (AvgIpc) is 2.43. The summed E-state index contributed by atoms with van der Waals surface area (Å²) in [7, 11) is 4.09. The van der Waals surface area contributed by atoms with Gasteiger partial charge in [0.2, 0.25) is 0 Å². The highest BCUT2D eigenvalue weighted by molar-refractivity contribution is 5.88. The smallest absolute Gasteiger partial charge is 0.130 e. The molecule has 1 aromatic heterocycles. The number of nitrogens with zero attached hydrogens (tertiary/aromatic N) is 2. The molecule has 0 amide bonds. The van der Waals surface area contributed by atoms with Gasteiger partial charge in [-0.1, -0.05) is 13.8 Å². The number of hydrogen-bond acceptors (Lipinski definition) is 3. The summed E-state index contributed by atoms with van der Waals surface area (Å²) in [5.74, 6) is 0.949. The minimum Gasteiger partial charge on any atom is -0.490 e. The summed E-state index contributed by atoms with van der Waals surface area (Å²) >= 11 is 0. The Hall–Kier alpha value is -1.77. The number of benzene rings is 1. The average molecular weight is 272 g/mol. The van der Waals surface area contributed by atoms with Crippen LogP contribution >= 0.6 is 0 Å². The van der Waals surface area contributed by atoms with Crippen molar-refractivity contribution in [2.75, 3.05) is 19.0 Å². The SMILES string of the molecule is CCC(CC)Oc1cc(C)nc2ccc(N(C)C)cc12. The molecule has 0 atom stereocenters. The van der Waals surface area contributed by atoms with E-state index in [1.165, 1.54) is 0 Å². The normalized spacial score (nSPS) is 11.1. The Labute approximate surface area is 121 Å². The molecule has 1 aromatic carbocycles. The van der Waals surface area contributed by atoms with Crippen molar-refractivity contribution in [2.24, 2.45) is 0 Å². The predicted octanol–water partition coefficient (Wildman–Crippen LogP) is 4.18. The van der Waals surface area contributed by atoms with Gasteiger partial charge in [-0.15, -0.1) is 0 Å². The van der Waals surface area contributed by atoms with Crippen LogP contribution in [0.2, 0.25) is 0 Å². The van der Waals surface area contributed by atoms with Gasteiger partial charge in [0.15, 0.2) is 0 Å². The fourth-order valence-corrected chi connectivity index (χ4v) is 2.32. The van der Waals surface area contributed by atoms with Crippen LogP contribution in [0.3, 0.4) is 0 Å². The molecule has 20 heavy (non-hydrogen) atoms. The maximum atomic E-state index is 6.18. The van der Waals surface area contributed by atoms with Gasteiger partial charge < -0.3 is 9.64 Å². The molecule has 0 aliphatic rings. The second-order valence-corrected chi connectivity index (χ2v) is 5.41. The molecule has 0 aliphatic carbocycles. The van der Waals surface area contributed by atoms with Crippen molar-refractivity contribution in [1.29, 1.82) is 0 Å². The maximum absolute atomic E-state index is 6.18. The third-order valence-corrected chi connectivity index (χ3v) is 3.60. The minimum absolute atomic E-state index is 0.267. The summed E-state index contributed by atoms with van der Waals surface area (Å²) in [6, 6.07) is 8.35. The Bertz CT molecular complexity index is 589. The van der Waals surface area contributed by atoms with Crippen molar-refractivity contribution in [3.8, 4) is 5.75 Å². The van der Waals surface area contributed by atoms with Gasteiger partial charge in [0.1, 0.15) is 5.75 Å². The number of hydrogen-bond donors (Lipinski definition) is 0. The molecule has 0 radical (unpaired) electrons. The van der Waals surface area contributed by atoms with E-state index in [-0.39, 0.29) is 6.10 Å². The quantitative estimate of drug-likeness (QED) is 0.816. The van der Waals surface area contributed by atoms with Gasteiger partial charge in [0.05, 0.1) is 11.6 Å². The van der Waals surface area contributed by atoms with E-state index in [4.69, 9.17) is 4.74 Å². The molecule has 0 saturated heterocycles.